The van der Waals surface area contributed by atoms with E-state index >= 15 is 0 Å². The lowest BCUT2D eigenvalue weighted by atomic mass is 10.1. The molecule has 0 amide bonds. The van der Waals surface area contributed by atoms with Crippen LogP contribution in [0.15, 0.2) is 28.7 Å². The molecule has 0 atom stereocenters. The van der Waals surface area contributed by atoms with Crippen molar-refractivity contribution in [3.05, 3.63) is 51.5 Å². The van der Waals surface area contributed by atoms with E-state index in [4.69, 9.17) is 18.0 Å². The first kappa shape index (κ1) is 14.9. The predicted molar refractivity (Wildman–Crippen MR) is 87.0 cm³/mol. The number of rotatable bonds is 3. The van der Waals surface area contributed by atoms with E-state index in [0.29, 0.717) is 10.0 Å². The van der Waals surface area contributed by atoms with Crippen molar-refractivity contribution in [2.75, 3.05) is 5.32 Å². The van der Waals surface area contributed by atoms with Crippen LogP contribution in [0, 0.1) is 19.7 Å². The highest BCUT2D eigenvalue weighted by atomic mass is 79.9. The number of aryl methyl sites for hydroxylation is 2. The highest BCUT2D eigenvalue weighted by molar-refractivity contribution is 9.10. The Morgan fingerprint density at radius 2 is 2.05 bits per heavy atom. The number of hydrogen-bond acceptors (Lipinski definition) is 3. The third-order valence-electron chi connectivity index (χ3n) is 2.77. The Hall–Kier alpha value is -1.53. The van der Waals surface area contributed by atoms with Gasteiger partial charge in [0.2, 0.25) is 0 Å². The van der Waals surface area contributed by atoms with Crippen molar-refractivity contribution in [1.82, 2.24) is 4.98 Å². The van der Waals surface area contributed by atoms with Gasteiger partial charge in [-0.2, -0.15) is 0 Å². The molecule has 2 rings (SSSR count). The second kappa shape index (κ2) is 5.85. The lowest BCUT2D eigenvalue weighted by Crippen LogP contribution is -2.15. The molecule has 0 spiro atoms. The molecular weight excluding hydrogens is 341 g/mol. The van der Waals surface area contributed by atoms with Gasteiger partial charge in [-0.3, -0.25) is 4.98 Å². The van der Waals surface area contributed by atoms with E-state index in [2.05, 4.69) is 26.2 Å². The maximum absolute atomic E-state index is 13.2. The Labute approximate surface area is 130 Å². The van der Waals surface area contributed by atoms with Crippen molar-refractivity contribution in [3.8, 4) is 0 Å². The van der Waals surface area contributed by atoms with Crippen molar-refractivity contribution < 1.29 is 4.39 Å². The second-order valence-electron chi connectivity index (χ2n) is 4.39. The van der Waals surface area contributed by atoms with Gasteiger partial charge in [0.1, 0.15) is 10.8 Å². The minimum atomic E-state index is -0.313. The molecule has 2 aromatic rings. The van der Waals surface area contributed by atoms with E-state index in [1.165, 1.54) is 6.07 Å². The molecule has 0 aliphatic carbocycles. The van der Waals surface area contributed by atoms with Crippen LogP contribution in [0.5, 0.6) is 0 Å². The minimum Gasteiger partial charge on any atom is -0.389 e. The van der Waals surface area contributed by atoms with Gasteiger partial charge < -0.3 is 11.1 Å². The van der Waals surface area contributed by atoms with Gasteiger partial charge in [-0.05, 0) is 54.0 Å². The molecule has 1 aromatic heterocycles. The molecule has 0 aliphatic heterocycles. The van der Waals surface area contributed by atoms with Crippen molar-refractivity contribution in [2.24, 2.45) is 5.73 Å². The predicted octanol–water partition coefficient (Wildman–Crippen LogP) is 3.98. The summed E-state index contributed by atoms with van der Waals surface area (Å²) in [7, 11) is 0. The summed E-state index contributed by atoms with van der Waals surface area (Å²) < 4.78 is 13.6. The summed E-state index contributed by atoms with van der Waals surface area (Å²) in [5.41, 5.74) is 9.57. The van der Waals surface area contributed by atoms with Gasteiger partial charge in [-0.15, -0.1) is 0 Å². The van der Waals surface area contributed by atoms with Crippen LogP contribution >= 0.6 is 28.1 Å². The molecule has 0 bridgehead atoms. The van der Waals surface area contributed by atoms with Crippen molar-refractivity contribution >= 4 is 44.5 Å². The highest BCUT2D eigenvalue weighted by Gasteiger charge is 2.12. The van der Waals surface area contributed by atoms with Crippen molar-refractivity contribution in [2.45, 2.75) is 13.8 Å². The average Bonchev–Trinajstić information content (AvgIpc) is 2.32. The third-order valence-corrected chi connectivity index (χ3v) is 3.59. The summed E-state index contributed by atoms with van der Waals surface area (Å²) in [6.45, 7) is 3.75. The van der Waals surface area contributed by atoms with Crippen LogP contribution in [0.4, 0.5) is 15.8 Å². The summed E-state index contributed by atoms with van der Waals surface area (Å²) in [5, 5.41) is 3.20. The molecular formula is C14H13BrFN3S. The molecule has 0 aliphatic rings. The Balaban J connectivity index is 2.47. The summed E-state index contributed by atoms with van der Waals surface area (Å²) >= 11 is 8.23. The van der Waals surface area contributed by atoms with E-state index < -0.39 is 0 Å². The number of aromatic nitrogens is 1. The van der Waals surface area contributed by atoms with Crippen LogP contribution < -0.4 is 11.1 Å². The molecule has 1 aromatic carbocycles. The molecule has 20 heavy (non-hydrogen) atoms. The highest BCUT2D eigenvalue weighted by Crippen LogP contribution is 2.26. The smallest absolute Gasteiger partial charge is 0.137 e. The summed E-state index contributed by atoms with van der Waals surface area (Å²) in [6, 6.07) is 6.55. The van der Waals surface area contributed by atoms with Crippen LogP contribution in [-0.4, -0.2) is 9.97 Å². The van der Waals surface area contributed by atoms with E-state index in [0.717, 1.165) is 22.8 Å². The molecule has 6 heteroatoms. The lowest BCUT2D eigenvalue weighted by Gasteiger charge is -2.14. The number of nitrogens with two attached hydrogens (primary N) is 1. The quantitative estimate of drug-likeness (QED) is 0.819. The van der Waals surface area contributed by atoms with Gasteiger partial charge in [0, 0.05) is 17.1 Å². The van der Waals surface area contributed by atoms with E-state index in [1.54, 1.807) is 12.1 Å². The first-order valence-corrected chi connectivity index (χ1v) is 7.08. The minimum absolute atomic E-state index is 0.277. The number of hydrogen-bond donors (Lipinski definition) is 2. The summed E-state index contributed by atoms with van der Waals surface area (Å²) in [6.07, 6.45) is 0. The molecule has 0 saturated carbocycles. The van der Waals surface area contributed by atoms with Crippen LogP contribution in [0.25, 0.3) is 0 Å². The number of halogens is 2. The molecule has 3 nitrogen and oxygen atoms in total. The standard InChI is InChI=1S/C14H13BrFN3S/c1-7-5-12(13(14(17)20)8(2)18-7)19-9-3-4-11(16)10(15)6-9/h3-6H,1-2H3,(H2,17,20)(H,18,19). The van der Waals surface area contributed by atoms with Crippen LogP contribution in [0.3, 0.4) is 0 Å². The number of pyridine rings is 1. The molecule has 104 valence electrons. The zero-order chi connectivity index (χ0) is 14.9. The van der Waals surface area contributed by atoms with Crippen LogP contribution in [0.2, 0.25) is 0 Å². The molecule has 0 fully saturated rings. The van der Waals surface area contributed by atoms with Gasteiger partial charge in [-0.25, -0.2) is 4.39 Å². The maximum atomic E-state index is 13.2. The number of nitrogens with one attached hydrogen (secondary N) is 1. The van der Waals surface area contributed by atoms with Gasteiger partial charge in [0.15, 0.2) is 0 Å². The van der Waals surface area contributed by atoms with E-state index in [1.807, 2.05) is 19.9 Å². The van der Waals surface area contributed by atoms with Gasteiger partial charge in [0.05, 0.1) is 15.7 Å². The largest absolute Gasteiger partial charge is 0.389 e. The molecule has 3 N–H and O–H groups in total. The monoisotopic (exact) mass is 353 g/mol. The molecule has 0 unspecified atom stereocenters. The topological polar surface area (TPSA) is 50.9 Å². The molecule has 0 radical (unpaired) electrons. The van der Waals surface area contributed by atoms with Gasteiger partial charge >= 0.3 is 0 Å². The third kappa shape index (κ3) is 3.13. The summed E-state index contributed by atoms with van der Waals surface area (Å²) in [5.74, 6) is -0.313. The fraction of sp³-hybridized carbons (Fsp3) is 0.143. The van der Waals surface area contributed by atoms with Crippen molar-refractivity contribution in [1.29, 1.82) is 0 Å². The second-order valence-corrected chi connectivity index (χ2v) is 5.68. The van der Waals surface area contributed by atoms with Crippen LogP contribution in [-0.2, 0) is 0 Å². The fourth-order valence-electron chi connectivity index (χ4n) is 1.97. The Morgan fingerprint density at radius 1 is 1.35 bits per heavy atom. The number of nitrogens with zero attached hydrogens (tertiary/aromatic N) is 1. The Morgan fingerprint density at radius 3 is 2.65 bits per heavy atom. The first-order valence-electron chi connectivity index (χ1n) is 5.88. The van der Waals surface area contributed by atoms with Crippen LogP contribution in [0.1, 0.15) is 17.0 Å². The van der Waals surface area contributed by atoms with Crippen molar-refractivity contribution in [3.63, 3.8) is 0 Å². The number of benzene rings is 1. The Bertz CT molecular complexity index is 688. The zero-order valence-electron chi connectivity index (χ0n) is 11.0. The molecule has 0 saturated heterocycles. The van der Waals surface area contributed by atoms with Gasteiger partial charge in [-0.1, -0.05) is 12.2 Å². The lowest BCUT2D eigenvalue weighted by molar-refractivity contribution is 0.621. The van der Waals surface area contributed by atoms with Gasteiger partial charge in [0.25, 0.3) is 0 Å². The van der Waals surface area contributed by atoms with E-state index in [-0.39, 0.29) is 10.8 Å². The number of anilines is 2. The zero-order valence-corrected chi connectivity index (χ0v) is 13.4. The SMILES string of the molecule is Cc1cc(Nc2ccc(F)c(Br)c2)c(C(N)=S)c(C)n1. The Kier molecular flexibility index (Phi) is 4.35. The maximum Gasteiger partial charge on any atom is 0.137 e. The fourth-order valence-corrected chi connectivity index (χ4v) is 2.60. The summed E-state index contributed by atoms with van der Waals surface area (Å²) in [4.78, 5) is 4.63. The number of thiocarbonyl (C=S) groups is 1. The molecule has 1 heterocycles. The first-order chi connectivity index (χ1) is 9.38. The van der Waals surface area contributed by atoms with E-state index in [9.17, 15) is 4.39 Å². The average molecular weight is 354 g/mol. The normalized spacial score (nSPS) is 10.4.